The summed E-state index contributed by atoms with van der Waals surface area (Å²) >= 11 is 1.50. The Morgan fingerprint density at radius 2 is 1.86 bits per heavy atom. The van der Waals surface area contributed by atoms with Crippen LogP contribution in [-0.2, 0) is 6.54 Å². The highest BCUT2D eigenvalue weighted by atomic mass is 32.2. The van der Waals surface area contributed by atoms with Gasteiger partial charge in [0.2, 0.25) is 5.65 Å². The molecule has 0 spiro atoms. The van der Waals surface area contributed by atoms with Crippen LogP contribution in [0.3, 0.4) is 0 Å². The quantitative estimate of drug-likeness (QED) is 0.283. The fourth-order valence-electron chi connectivity index (χ4n) is 2.86. The summed E-state index contributed by atoms with van der Waals surface area (Å²) in [7, 11) is 0. The van der Waals surface area contributed by atoms with Gasteiger partial charge in [0, 0.05) is 28.4 Å². The number of nitrogen functional groups attached to an aromatic ring is 1. The highest BCUT2D eigenvalue weighted by Crippen LogP contribution is 2.28. The van der Waals surface area contributed by atoms with Crippen LogP contribution in [0, 0.1) is 5.41 Å². The third-order valence-corrected chi connectivity index (χ3v) is 5.28. The maximum atomic E-state index is 8.58. The van der Waals surface area contributed by atoms with Gasteiger partial charge >= 0.3 is 0 Å². The standard InChI is InChI=1S/C20H19N7S/c21-15(12-28-17-10-18(22)24-20-19(17)25-27-26-20)14-8-4-5-9-16(14)23-11-13-6-2-1-3-7-13/h1-10,21,23H,11-12H2,(H3,22,24,25,26,27). The maximum Gasteiger partial charge on any atom is 0.204 e. The summed E-state index contributed by atoms with van der Waals surface area (Å²) in [6.07, 6.45) is 0. The average Bonchev–Trinajstić information content (AvgIpc) is 3.19. The summed E-state index contributed by atoms with van der Waals surface area (Å²) < 4.78 is 0. The Labute approximate surface area is 166 Å². The second kappa shape index (κ2) is 8.10. The van der Waals surface area contributed by atoms with Crippen LogP contribution in [0.2, 0.25) is 0 Å². The molecule has 0 saturated heterocycles. The lowest BCUT2D eigenvalue weighted by atomic mass is 10.1. The molecule has 0 amide bonds. The fraction of sp³-hybridized carbons (Fsp3) is 0.100. The van der Waals surface area contributed by atoms with Crippen LogP contribution in [0.15, 0.2) is 65.6 Å². The van der Waals surface area contributed by atoms with Crippen molar-refractivity contribution >= 4 is 40.1 Å². The number of aromatic nitrogens is 4. The summed E-state index contributed by atoms with van der Waals surface area (Å²) in [6.45, 7) is 0.707. The summed E-state index contributed by atoms with van der Waals surface area (Å²) in [5.74, 6) is 0.871. The van der Waals surface area contributed by atoms with Crippen molar-refractivity contribution in [2.75, 3.05) is 16.8 Å². The Bertz CT molecular complexity index is 1110. The van der Waals surface area contributed by atoms with Gasteiger partial charge in [0.25, 0.3) is 0 Å². The first-order valence-corrected chi connectivity index (χ1v) is 9.73. The first-order chi connectivity index (χ1) is 13.7. The SMILES string of the molecule is N=C(CSc1cc(N)nc2n[nH]nc12)c1ccccc1NCc1ccccc1. The lowest BCUT2D eigenvalue weighted by Gasteiger charge is -2.13. The minimum Gasteiger partial charge on any atom is -0.384 e. The van der Waals surface area contributed by atoms with E-state index in [1.54, 1.807) is 6.07 Å². The predicted octanol–water partition coefficient (Wildman–Crippen LogP) is 3.71. The van der Waals surface area contributed by atoms with Gasteiger partial charge in [0.1, 0.15) is 11.3 Å². The molecule has 0 aliphatic heterocycles. The number of fused-ring (bicyclic) bond motifs is 1. The van der Waals surface area contributed by atoms with E-state index < -0.39 is 0 Å². The molecular weight excluding hydrogens is 370 g/mol. The van der Waals surface area contributed by atoms with Crippen molar-refractivity contribution in [1.82, 2.24) is 20.4 Å². The summed E-state index contributed by atoms with van der Waals surface area (Å²) in [4.78, 5) is 5.00. The number of para-hydroxylation sites is 1. The molecule has 2 aromatic carbocycles. The van der Waals surface area contributed by atoms with E-state index in [9.17, 15) is 0 Å². The van der Waals surface area contributed by atoms with E-state index in [1.807, 2.05) is 42.5 Å². The molecule has 28 heavy (non-hydrogen) atoms. The molecule has 0 radical (unpaired) electrons. The van der Waals surface area contributed by atoms with Crippen LogP contribution < -0.4 is 11.1 Å². The molecule has 4 aromatic rings. The molecule has 140 valence electrons. The highest BCUT2D eigenvalue weighted by molar-refractivity contribution is 8.00. The Morgan fingerprint density at radius 1 is 1.07 bits per heavy atom. The molecule has 8 heteroatoms. The van der Waals surface area contributed by atoms with E-state index in [-0.39, 0.29) is 0 Å². The van der Waals surface area contributed by atoms with Crippen molar-refractivity contribution in [3.05, 3.63) is 71.8 Å². The first-order valence-electron chi connectivity index (χ1n) is 8.75. The van der Waals surface area contributed by atoms with E-state index in [2.05, 4.69) is 37.8 Å². The third kappa shape index (κ3) is 3.96. The normalized spacial score (nSPS) is 10.9. The predicted molar refractivity (Wildman–Crippen MR) is 114 cm³/mol. The zero-order valence-electron chi connectivity index (χ0n) is 15.0. The Balaban J connectivity index is 1.48. The highest BCUT2D eigenvalue weighted by Gasteiger charge is 2.12. The van der Waals surface area contributed by atoms with Gasteiger partial charge in [-0.1, -0.05) is 48.5 Å². The number of nitrogens with zero attached hydrogens (tertiary/aromatic N) is 3. The van der Waals surface area contributed by atoms with Gasteiger partial charge in [-0.15, -0.1) is 16.9 Å². The molecule has 4 rings (SSSR count). The van der Waals surface area contributed by atoms with Gasteiger partial charge in [-0.3, -0.25) is 0 Å². The molecule has 7 nitrogen and oxygen atoms in total. The molecule has 0 aliphatic rings. The molecule has 0 saturated carbocycles. The second-order valence-corrected chi connectivity index (χ2v) is 7.21. The number of hydrogen-bond acceptors (Lipinski definition) is 7. The number of nitrogens with two attached hydrogens (primary N) is 1. The largest absolute Gasteiger partial charge is 0.384 e. The fourth-order valence-corrected chi connectivity index (χ4v) is 3.79. The zero-order valence-corrected chi connectivity index (χ0v) is 15.8. The van der Waals surface area contributed by atoms with Crippen molar-refractivity contribution in [2.45, 2.75) is 11.4 Å². The van der Waals surface area contributed by atoms with Crippen molar-refractivity contribution < 1.29 is 0 Å². The number of H-pyrrole nitrogens is 1. The van der Waals surface area contributed by atoms with Crippen molar-refractivity contribution in [3.8, 4) is 0 Å². The first kappa shape index (κ1) is 18.0. The van der Waals surface area contributed by atoms with E-state index in [4.69, 9.17) is 11.1 Å². The maximum absolute atomic E-state index is 8.58. The number of hydrogen-bond donors (Lipinski definition) is 4. The minimum absolute atomic E-state index is 0.389. The number of nitrogens with one attached hydrogen (secondary N) is 3. The molecular formula is C20H19N7S. The van der Waals surface area contributed by atoms with E-state index >= 15 is 0 Å². The van der Waals surface area contributed by atoms with Gasteiger partial charge in [0.15, 0.2) is 0 Å². The minimum atomic E-state index is 0.389. The van der Waals surface area contributed by atoms with Crippen LogP contribution >= 0.6 is 11.8 Å². The van der Waals surface area contributed by atoms with E-state index in [0.717, 1.165) is 16.1 Å². The number of anilines is 2. The van der Waals surface area contributed by atoms with E-state index in [0.29, 0.717) is 35.0 Å². The van der Waals surface area contributed by atoms with Crippen LogP contribution in [0.1, 0.15) is 11.1 Å². The number of benzene rings is 2. The van der Waals surface area contributed by atoms with Crippen LogP contribution in [0.25, 0.3) is 11.2 Å². The van der Waals surface area contributed by atoms with E-state index in [1.165, 1.54) is 17.3 Å². The van der Waals surface area contributed by atoms with Crippen LogP contribution in [-0.4, -0.2) is 31.9 Å². The Morgan fingerprint density at radius 3 is 2.71 bits per heavy atom. The van der Waals surface area contributed by atoms with Gasteiger partial charge in [0.05, 0.1) is 5.71 Å². The van der Waals surface area contributed by atoms with Crippen molar-refractivity contribution in [3.63, 3.8) is 0 Å². The molecule has 2 heterocycles. The topological polar surface area (TPSA) is 116 Å². The number of pyridine rings is 1. The van der Waals surface area contributed by atoms with Crippen LogP contribution in [0.5, 0.6) is 0 Å². The molecule has 0 unspecified atom stereocenters. The molecule has 0 bridgehead atoms. The lowest BCUT2D eigenvalue weighted by Crippen LogP contribution is -2.09. The van der Waals surface area contributed by atoms with Crippen LogP contribution in [0.4, 0.5) is 11.5 Å². The summed E-state index contributed by atoms with van der Waals surface area (Å²) in [5.41, 5.74) is 10.5. The lowest BCUT2D eigenvalue weighted by molar-refractivity contribution is 0.953. The number of aromatic amines is 1. The Hall–Kier alpha value is -3.39. The number of thioether (sulfide) groups is 1. The second-order valence-electron chi connectivity index (χ2n) is 6.19. The zero-order chi connectivity index (χ0) is 19.3. The molecule has 2 aromatic heterocycles. The molecule has 0 aliphatic carbocycles. The smallest absolute Gasteiger partial charge is 0.204 e. The number of rotatable bonds is 7. The van der Waals surface area contributed by atoms with Gasteiger partial charge in [-0.2, -0.15) is 10.3 Å². The van der Waals surface area contributed by atoms with Gasteiger partial charge in [-0.25, -0.2) is 4.98 Å². The molecule has 0 atom stereocenters. The van der Waals surface area contributed by atoms with Crippen molar-refractivity contribution in [1.29, 1.82) is 5.41 Å². The third-order valence-electron chi connectivity index (χ3n) is 4.23. The monoisotopic (exact) mass is 389 g/mol. The average molecular weight is 389 g/mol. The molecule has 0 fully saturated rings. The summed E-state index contributed by atoms with van der Waals surface area (Å²) in [6, 6.07) is 19.8. The van der Waals surface area contributed by atoms with Gasteiger partial charge in [-0.05, 0) is 17.7 Å². The van der Waals surface area contributed by atoms with Gasteiger partial charge < -0.3 is 16.5 Å². The molecule has 5 N–H and O–H groups in total. The summed E-state index contributed by atoms with van der Waals surface area (Å²) in [5, 5.41) is 22.7. The Kier molecular flexibility index (Phi) is 5.20. The van der Waals surface area contributed by atoms with Crippen molar-refractivity contribution in [2.24, 2.45) is 0 Å².